The Kier molecular flexibility index (Phi) is 6.08. The van der Waals surface area contributed by atoms with Gasteiger partial charge >= 0.3 is 5.63 Å². The first-order valence-corrected chi connectivity index (χ1v) is 10.00. The van der Waals surface area contributed by atoms with Gasteiger partial charge in [-0.25, -0.2) is 4.79 Å². The number of likely N-dealkylation sites (N-methyl/N-ethyl adjacent to an activating group) is 1. The summed E-state index contributed by atoms with van der Waals surface area (Å²) in [6, 6.07) is 22.1. The quantitative estimate of drug-likeness (QED) is 0.429. The third kappa shape index (κ3) is 4.98. The summed E-state index contributed by atoms with van der Waals surface area (Å²) in [5, 5.41) is 0.803. The van der Waals surface area contributed by atoms with Crippen molar-refractivity contribution in [3.8, 4) is 16.9 Å². The summed E-state index contributed by atoms with van der Waals surface area (Å²) in [6.07, 6.45) is 2.41. The molecule has 1 amide bonds. The van der Waals surface area contributed by atoms with Gasteiger partial charge in [-0.2, -0.15) is 0 Å². The first-order chi connectivity index (χ1) is 15.1. The molecule has 2 aromatic heterocycles. The molecule has 6 nitrogen and oxygen atoms in total. The van der Waals surface area contributed by atoms with E-state index in [1.807, 2.05) is 54.6 Å². The van der Waals surface area contributed by atoms with E-state index in [1.165, 1.54) is 6.07 Å². The maximum Gasteiger partial charge on any atom is 0.336 e. The fourth-order valence-electron chi connectivity index (χ4n) is 3.30. The molecule has 0 unspecified atom stereocenters. The molecule has 0 saturated heterocycles. The van der Waals surface area contributed by atoms with Crippen molar-refractivity contribution in [1.82, 2.24) is 9.88 Å². The van der Waals surface area contributed by atoms with Crippen LogP contribution in [0.25, 0.3) is 22.1 Å². The molecular formula is C25H22N2O4. The van der Waals surface area contributed by atoms with Crippen molar-refractivity contribution in [1.29, 1.82) is 0 Å². The Hall–Kier alpha value is -3.93. The van der Waals surface area contributed by atoms with Gasteiger partial charge in [-0.3, -0.25) is 9.78 Å². The second-order valence-electron chi connectivity index (χ2n) is 7.18. The molecule has 0 radical (unpaired) electrons. The number of rotatable bonds is 7. The summed E-state index contributed by atoms with van der Waals surface area (Å²) in [4.78, 5) is 30.3. The number of nitrogens with zero attached hydrogens (tertiary/aromatic N) is 2. The summed E-state index contributed by atoms with van der Waals surface area (Å²) in [6.45, 7) is 0.444. The third-order valence-corrected chi connectivity index (χ3v) is 5.02. The lowest BCUT2D eigenvalue weighted by Crippen LogP contribution is -2.33. The first kappa shape index (κ1) is 20.3. The van der Waals surface area contributed by atoms with E-state index >= 15 is 0 Å². The monoisotopic (exact) mass is 414 g/mol. The number of amides is 1. The lowest BCUT2D eigenvalue weighted by Gasteiger charge is -2.17. The predicted octanol–water partition coefficient (Wildman–Crippen LogP) is 3.93. The second kappa shape index (κ2) is 9.26. The zero-order valence-electron chi connectivity index (χ0n) is 17.2. The fourth-order valence-corrected chi connectivity index (χ4v) is 3.30. The number of carbonyl (C=O) groups is 1. The van der Waals surface area contributed by atoms with Gasteiger partial charge in [0.2, 0.25) is 0 Å². The summed E-state index contributed by atoms with van der Waals surface area (Å²) < 4.78 is 11.0. The van der Waals surface area contributed by atoms with E-state index in [4.69, 9.17) is 9.15 Å². The number of hydrogen-bond donors (Lipinski definition) is 0. The highest BCUT2D eigenvalue weighted by Crippen LogP contribution is 2.29. The molecule has 6 heteroatoms. The van der Waals surface area contributed by atoms with Crippen molar-refractivity contribution in [2.45, 2.75) is 6.42 Å². The van der Waals surface area contributed by atoms with Crippen molar-refractivity contribution >= 4 is 16.9 Å². The van der Waals surface area contributed by atoms with Crippen LogP contribution in [0.5, 0.6) is 5.75 Å². The van der Waals surface area contributed by atoms with Gasteiger partial charge in [-0.1, -0.05) is 36.4 Å². The van der Waals surface area contributed by atoms with E-state index < -0.39 is 5.63 Å². The van der Waals surface area contributed by atoms with Crippen LogP contribution in [-0.2, 0) is 11.2 Å². The van der Waals surface area contributed by atoms with E-state index in [0.29, 0.717) is 24.3 Å². The number of pyridine rings is 1. The zero-order chi connectivity index (χ0) is 21.6. The Morgan fingerprint density at radius 3 is 2.61 bits per heavy atom. The normalized spacial score (nSPS) is 10.7. The number of ether oxygens (including phenoxy) is 1. The Bertz CT molecular complexity index is 1240. The average Bonchev–Trinajstić information content (AvgIpc) is 2.81. The van der Waals surface area contributed by atoms with Gasteiger partial charge in [-0.15, -0.1) is 0 Å². The van der Waals surface area contributed by atoms with Gasteiger partial charge in [0.25, 0.3) is 5.91 Å². The summed E-state index contributed by atoms with van der Waals surface area (Å²) in [7, 11) is 1.74. The van der Waals surface area contributed by atoms with Crippen LogP contribution >= 0.6 is 0 Å². The van der Waals surface area contributed by atoms with Crippen molar-refractivity contribution in [3.05, 3.63) is 95.1 Å². The Labute approximate surface area is 179 Å². The van der Waals surface area contributed by atoms with E-state index in [-0.39, 0.29) is 12.5 Å². The van der Waals surface area contributed by atoms with Crippen molar-refractivity contribution in [2.75, 3.05) is 20.2 Å². The molecule has 2 heterocycles. The van der Waals surface area contributed by atoms with E-state index in [1.54, 1.807) is 30.3 Å². The maximum absolute atomic E-state index is 12.4. The summed E-state index contributed by atoms with van der Waals surface area (Å²) in [5.41, 5.74) is 2.64. The molecule has 0 fully saturated rings. The van der Waals surface area contributed by atoms with Crippen molar-refractivity contribution in [2.24, 2.45) is 0 Å². The minimum absolute atomic E-state index is 0.104. The third-order valence-electron chi connectivity index (χ3n) is 5.02. The van der Waals surface area contributed by atoms with Gasteiger partial charge in [0, 0.05) is 49.4 Å². The van der Waals surface area contributed by atoms with Gasteiger partial charge < -0.3 is 14.1 Å². The molecule has 4 rings (SSSR count). The highest BCUT2D eigenvalue weighted by molar-refractivity contribution is 5.93. The van der Waals surface area contributed by atoms with Crippen molar-refractivity contribution in [3.63, 3.8) is 0 Å². The molecule has 0 atom stereocenters. The minimum atomic E-state index is -0.436. The summed E-state index contributed by atoms with van der Waals surface area (Å²) in [5.74, 6) is 0.322. The minimum Gasteiger partial charge on any atom is -0.484 e. The van der Waals surface area contributed by atoms with Crippen LogP contribution in [-0.4, -0.2) is 36.0 Å². The molecule has 2 aromatic carbocycles. The van der Waals surface area contributed by atoms with E-state index in [0.717, 1.165) is 22.2 Å². The van der Waals surface area contributed by atoms with Crippen LogP contribution < -0.4 is 10.4 Å². The van der Waals surface area contributed by atoms with Crippen LogP contribution in [0.3, 0.4) is 0 Å². The van der Waals surface area contributed by atoms with Gasteiger partial charge in [0.05, 0.1) is 0 Å². The largest absolute Gasteiger partial charge is 0.484 e. The van der Waals surface area contributed by atoms with Gasteiger partial charge in [-0.05, 0) is 35.4 Å². The topological polar surface area (TPSA) is 72.6 Å². The Morgan fingerprint density at radius 2 is 1.84 bits per heavy atom. The SMILES string of the molecule is CN(CCc1ccccn1)C(=O)COc1ccc2c(-c3ccccc3)cc(=O)oc2c1. The molecule has 0 saturated carbocycles. The van der Waals surface area contributed by atoms with Crippen LogP contribution in [0.2, 0.25) is 0 Å². The number of fused-ring (bicyclic) bond motifs is 1. The lowest BCUT2D eigenvalue weighted by molar-refractivity contribution is -0.132. The van der Waals surface area contributed by atoms with E-state index in [9.17, 15) is 9.59 Å². The Morgan fingerprint density at radius 1 is 1.03 bits per heavy atom. The van der Waals surface area contributed by atoms with Gasteiger partial charge in [0.1, 0.15) is 11.3 Å². The number of aromatic nitrogens is 1. The highest BCUT2D eigenvalue weighted by atomic mass is 16.5. The Balaban J connectivity index is 1.44. The first-order valence-electron chi connectivity index (χ1n) is 10.00. The molecule has 31 heavy (non-hydrogen) atoms. The second-order valence-corrected chi connectivity index (χ2v) is 7.18. The van der Waals surface area contributed by atoms with Crippen LogP contribution in [0, 0.1) is 0 Å². The lowest BCUT2D eigenvalue weighted by atomic mass is 10.0. The van der Waals surface area contributed by atoms with Crippen LogP contribution in [0.4, 0.5) is 0 Å². The van der Waals surface area contributed by atoms with Crippen LogP contribution in [0.1, 0.15) is 5.69 Å². The van der Waals surface area contributed by atoms with Crippen molar-refractivity contribution < 1.29 is 13.9 Å². The molecule has 156 valence electrons. The number of carbonyl (C=O) groups excluding carboxylic acids is 1. The number of benzene rings is 2. The number of hydrogen-bond acceptors (Lipinski definition) is 5. The molecule has 4 aromatic rings. The molecular weight excluding hydrogens is 392 g/mol. The summed E-state index contributed by atoms with van der Waals surface area (Å²) >= 11 is 0. The molecule has 0 N–H and O–H groups in total. The standard InChI is InChI=1S/C25H22N2O4/c1-27(14-12-19-9-5-6-13-26-19)24(28)17-30-20-10-11-21-22(18-7-3-2-4-8-18)16-25(29)31-23(21)15-20/h2-11,13,15-16H,12,14,17H2,1H3. The molecule has 0 aliphatic heterocycles. The zero-order valence-corrected chi connectivity index (χ0v) is 17.2. The molecule has 0 spiro atoms. The smallest absolute Gasteiger partial charge is 0.336 e. The van der Waals surface area contributed by atoms with Gasteiger partial charge in [0.15, 0.2) is 6.61 Å². The predicted molar refractivity (Wildman–Crippen MR) is 119 cm³/mol. The van der Waals surface area contributed by atoms with E-state index in [2.05, 4.69) is 4.98 Å². The maximum atomic E-state index is 12.4. The average molecular weight is 414 g/mol. The molecule has 0 aliphatic carbocycles. The molecule has 0 bridgehead atoms. The van der Waals surface area contributed by atoms with Crippen LogP contribution in [0.15, 0.2) is 88.2 Å². The highest BCUT2D eigenvalue weighted by Gasteiger charge is 2.12. The fraction of sp³-hybridized carbons (Fsp3) is 0.160. The molecule has 0 aliphatic rings.